The molecule has 1 amide bonds. The quantitative estimate of drug-likeness (QED) is 0.707. The van der Waals surface area contributed by atoms with E-state index in [0.29, 0.717) is 6.42 Å². The molecule has 4 N–H and O–H groups in total. The van der Waals surface area contributed by atoms with Gasteiger partial charge in [-0.15, -0.1) is 0 Å². The van der Waals surface area contributed by atoms with E-state index in [-0.39, 0.29) is 24.3 Å². The molecule has 0 radical (unpaired) electrons. The van der Waals surface area contributed by atoms with Gasteiger partial charge in [-0.1, -0.05) is 44.2 Å². The number of carboxylic acid groups (broad SMARTS) is 1. The van der Waals surface area contributed by atoms with E-state index < -0.39 is 12.0 Å². The fourth-order valence-corrected chi connectivity index (χ4v) is 1.91. The molecule has 0 spiro atoms. The topological polar surface area (TPSA) is 92.4 Å². The third-order valence-corrected chi connectivity index (χ3v) is 3.16. The van der Waals surface area contributed by atoms with Crippen LogP contribution < -0.4 is 11.1 Å². The second-order valence-corrected chi connectivity index (χ2v) is 5.18. The molecule has 0 saturated heterocycles. The molecule has 0 bridgehead atoms. The number of nitrogens with two attached hydrogens (primary N) is 1. The summed E-state index contributed by atoms with van der Waals surface area (Å²) in [5.74, 6) is -1.45. The smallest absolute Gasteiger partial charge is 0.326 e. The normalized spacial score (nSPS) is 13.8. The van der Waals surface area contributed by atoms with Crippen LogP contribution in [-0.2, 0) is 9.59 Å². The number of carbonyl (C=O) groups excluding carboxylic acids is 1. The van der Waals surface area contributed by atoms with Crippen LogP contribution in [0.25, 0.3) is 0 Å². The summed E-state index contributed by atoms with van der Waals surface area (Å²) < 4.78 is 0. The molecule has 0 saturated carbocycles. The minimum atomic E-state index is -1.01. The lowest BCUT2D eigenvalue weighted by Crippen LogP contribution is -2.44. The maximum Gasteiger partial charge on any atom is 0.326 e. The highest BCUT2D eigenvalue weighted by molar-refractivity contribution is 5.83. The number of carboxylic acids is 1. The van der Waals surface area contributed by atoms with Gasteiger partial charge < -0.3 is 16.2 Å². The lowest BCUT2D eigenvalue weighted by molar-refractivity contribution is -0.143. The van der Waals surface area contributed by atoms with Gasteiger partial charge in [0.1, 0.15) is 6.04 Å². The minimum absolute atomic E-state index is 0.153. The van der Waals surface area contributed by atoms with E-state index in [2.05, 4.69) is 5.32 Å². The molecular formula is C15H22N2O3. The Morgan fingerprint density at radius 1 is 1.25 bits per heavy atom. The third kappa shape index (κ3) is 5.01. The molecule has 5 nitrogen and oxygen atoms in total. The summed E-state index contributed by atoms with van der Waals surface area (Å²) in [6.45, 7) is 3.52. The largest absolute Gasteiger partial charge is 0.480 e. The van der Waals surface area contributed by atoms with E-state index in [9.17, 15) is 9.59 Å². The number of nitrogens with one attached hydrogen (secondary N) is 1. The van der Waals surface area contributed by atoms with Crippen molar-refractivity contribution in [3.63, 3.8) is 0 Å². The number of hydrogen-bond donors (Lipinski definition) is 3. The Bertz CT molecular complexity index is 446. The standard InChI is InChI=1S/C15H22N2O3/c1-10(2)14(15(19)20)17-13(18)9-8-12(16)11-6-4-3-5-7-11/h3-7,10,12,14H,8-9,16H2,1-2H3,(H,17,18)(H,19,20)/t12?,14-/m0/s1. The summed E-state index contributed by atoms with van der Waals surface area (Å²) in [6, 6.07) is 8.46. The number of amides is 1. The van der Waals surface area contributed by atoms with Crippen LogP contribution in [0.1, 0.15) is 38.3 Å². The predicted octanol–water partition coefficient (Wildman–Crippen LogP) is 1.69. The number of benzene rings is 1. The fourth-order valence-electron chi connectivity index (χ4n) is 1.91. The van der Waals surface area contributed by atoms with Crippen LogP contribution in [0.2, 0.25) is 0 Å². The lowest BCUT2D eigenvalue weighted by atomic mass is 10.0. The average molecular weight is 278 g/mol. The monoisotopic (exact) mass is 278 g/mol. The molecule has 0 heterocycles. The molecule has 2 atom stereocenters. The molecule has 0 fully saturated rings. The second-order valence-electron chi connectivity index (χ2n) is 5.18. The molecule has 0 aromatic heterocycles. The molecular weight excluding hydrogens is 256 g/mol. The first kappa shape index (κ1) is 16.2. The molecule has 0 aliphatic carbocycles. The number of rotatable bonds is 7. The van der Waals surface area contributed by atoms with Gasteiger partial charge in [-0.3, -0.25) is 4.79 Å². The van der Waals surface area contributed by atoms with Gasteiger partial charge in [0.25, 0.3) is 0 Å². The predicted molar refractivity (Wildman–Crippen MR) is 77.0 cm³/mol. The first-order chi connectivity index (χ1) is 9.41. The molecule has 1 aromatic carbocycles. The van der Waals surface area contributed by atoms with E-state index in [1.165, 1.54) is 0 Å². The van der Waals surface area contributed by atoms with Crippen molar-refractivity contribution in [2.45, 2.75) is 38.8 Å². The van der Waals surface area contributed by atoms with Gasteiger partial charge in [0.05, 0.1) is 0 Å². The van der Waals surface area contributed by atoms with E-state index in [0.717, 1.165) is 5.56 Å². The van der Waals surface area contributed by atoms with Crippen LogP contribution >= 0.6 is 0 Å². The van der Waals surface area contributed by atoms with Crippen molar-refractivity contribution in [1.82, 2.24) is 5.32 Å². The van der Waals surface area contributed by atoms with Gasteiger partial charge in [-0.2, -0.15) is 0 Å². The van der Waals surface area contributed by atoms with Crippen LogP contribution in [-0.4, -0.2) is 23.0 Å². The van der Waals surface area contributed by atoms with Crippen LogP contribution in [0.3, 0.4) is 0 Å². The van der Waals surface area contributed by atoms with Crippen LogP contribution in [0.5, 0.6) is 0 Å². The van der Waals surface area contributed by atoms with Crippen molar-refractivity contribution in [3.8, 4) is 0 Å². The zero-order valence-electron chi connectivity index (χ0n) is 11.9. The first-order valence-corrected chi connectivity index (χ1v) is 6.74. The molecule has 1 aromatic rings. The Balaban J connectivity index is 2.45. The SMILES string of the molecule is CC(C)[C@H](NC(=O)CCC(N)c1ccccc1)C(=O)O. The number of hydrogen-bond acceptors (Lipinski definition) is 3. The van der Waals surface area contributed by atoms with Gasteiger partial charge in [0.2, 0.25) is 5.91 Å². The summed E-state index contributed by atoms with van der Waals surface area (Å²) in [5, 5.41) is 11.5. The molecule has 0 aliphatic rings. The highest BCUT2D eigenvalue weighted by atomic mass is 16.4. The number of carbonyl (C=O) groups is 2. The van der Waals surface area contributed by atoms with Crippen molar-refractivity contribution in [2.24, 2.45) is 11.7 Å². The van der Waals surface area contributed by atoms with Crippen molar-refractivity contribution in [3.05, 3.63) is 35.9 Å². The maximum absolute atomic E-state index is 11.8. The Hall–Kier alpha value is -1.88. The van der Waals surface area contributed by atoms with Gasteiger partial charge >= 0.3 is 5.97 Å². The van der Waals surface area contributed by atoms with Crippen molar-refractivity contribution in [2.75, 3.05) is 0 Å². The first-order valence-electron chi connectivity index (χ1n) is 6.74. The summed E-state index contributed by atoms with van der Waals surface area (Å²) in [7, 11) is 0. The van der Waals surface area contributed by atoms with E-state index in [1.54, 1.807) is 13.8 Å². The molecule has 1 unspecified atom stereocenters. The molecule has 5 heteroatoms. The maximum atomic E-state index is 11.8. The van der Waals surface area contributed by atoms with Gasteiger partial charge in [0.15, 0.2) is 0 Å². The minimum Gasteiger partial charge on any atom is -0.480 e. The molecule has 0 aliphatic heterocycles. The summed E-state index contributed by atoms with van der Waals surface area (Å²) in [4.78, 5) is 22.8. The number of aliphatic carboxylic acids is 1. The van der Waals surface area contributed by atoms with Crippen molar-refractivity contribution < 1.29 is 14.7 Å². The second kappa shape index (κ2) is 7.65. The van der Waals surface area contributed by atoms with Crippen molar-refractivity contribution in [1.29, 1.82) is 0 Å². The summed E-state index contributed by atoms with van der Waals surface area (Å²) in [5.41, 5.74) is 6.97. The zero-order valence-corrected chi connectivity index (χ0v) is 11.9. The van der Waals surface area contributed by atoms with E-state index >= 15 is 0 Å². The molecule has 20 heavy (non-hydrogen) atoms. The molecule has 110 valence electrons. The van der Waals surface area contributed by atoms with E-state index in [1.807, 2.05) is 30.3 Å². The molecule has 1 rings (SSSR count). The van der Waals surface area contributed by atoms with Gasteiger partial charge in [0, 0.05) is 12.5 Å². The van der Waals surface area contributed by atoms with Crippen LogP contribution in [0, 0.1) is 5.92 Å². The Morgan fingerprint density at radius 2 is 1.85 bits per heavy atom. The summed E-state index contributed by atoms with van der Waals surface area (Å²) >= 11 is 0. The van der Waals surface area contributed by atoms with Crippen LogP contribution in [0.15, 0.2) is 30.3 Å². The Labute approximate surface area is 119 Å². The highest BCUT2D eigenvalue weighted by Gasteiger charge is 2.23. The Kier molecular flexibility index (Phi) is 6.18. The highest BCUT2D eigenvalue weighted by Crippen LogP contribution is 2.15. The average Bonchev–Trinajstić information content (AvgIpc) is 2.42. The van der Waals surface area contributed by atoms with Crippen molar-refractivity contribution >= 4 is 11.9 Å². The van der Waals surface area contributed by atoms with Gasteiger partial charge in [-0.25, -0.2) is 4.79 Å². The van der Waals surface area contributed by atoms with Crippen LogP contribution in [0.4, 0.5) is 0 Å². The fraction of sp³-hybridized carbons (Fsp3) is 0.467. The zero-order chi connectivity index (χ0) is 15.1. The van der Waals surface area contributed by atoms with E-state index in [4.69, 9.17) is 10.8 Å². The lowest BCUT2D eigenvalue weighted by Gasteiger charge is -2.18. The third-order valence-electron chi connectivity index (χ3n) is 3.16. The Morgan fingerprint density at radius 3 is 2.35 bits per heavy atom. The van der Waals surface area contributed by atoms with Gasteiger partial charge in [-0.05, 0) is 17.9 Å². The summed E-state index contributed by atoms with van der Waals surface area (Å²) in [6.07, 6.45) is 0.701.